The largest absolute Gasteiger partial charge is 0.371 e. The molecule has 0 unspecified atom stereocenters. The van der Waals surface area contributed by atoms with Crippen LogP contribution in [0.5, 0.6) is 0 Å². The standard InChI is InChI=1S/C18H20ClN3O/c19-16-7-14(17-11-20-5-6-23-17)4-3-13(16)8-18-21-9-15(10-22-18)12-1-2-12/h3-4,7,9-10,12,17,20H,1-2,5-6,8,11H2/t17-/m1/s1. The summed E-state index contributed by atoms with van der Waals surface area (Å²) in [7, 11) is 0. The number of hydrogen-bond acceptors (Lipinski definition) is 4. The lowest BCUT2D eigenvalue weighted by atomic mass is 10.0. The first kappa shape index (κ1) is 15.1. The van der Waals surface area contributed by atoms with Crippen LogP contribution >= 0.6 is 11.6 Å². The Bertz CT molecular complexity index is 679. The highest BCUT2D eigenvalue weighted by molar-refractivity contribution is 6.31. The SMILES string of the molecule is Clc1cc([C@H]2CNCCO2)ccc1Cc1ncc(C2CC2)cn1. The minimum Gasteiger partial charge on any atom is -0.371 e. The van der Waals surface area contributed by atoms with Gasteiger partial charge in [-0.1, -0.05) is 23.7 Å². The average molecular weight is 330 g/mol. The van der Waals surface area contributed by atoms with Gasteiger partial charge >= 0.3 is 0 Å². The molecule has 23 heavy (non-hydrogen) atoms. The van der Waals surface area contributed by atoms with E-state index < -0.39 is 0 Å². The first-order valence-corrected chi connectivity index (χ1v) is 8.59. The summed E-state index contributed by atoms with van der Waals surface area (Å²) in [6, 6.07) is 6.17. The maximum absolute atomic E-state index is 6.46. The van der Waals surface area contributed by atoms with Gasteiger partial charge in [0, 0.05) is 36.9 Å². The van der Waals surface area contributed by atoms with Crippen LogP contribution in [-0.2, 0) is 11.2 Å². The molecule has 0 radical (unpaired) electrons. The molecule has 1 atom stereocenters. The highest BCUT2D eigenvalue weighted by Gasteiger charge is 2.24. The molecule has 1 saturated heterocycles. The Morgan fingerprint density at radius 3 is 2.65 bits per heavy atom. The zero-order chi connectivity index (χ0) is 15.6. The van der Waals surface area contributed by atoms with Crippen molar-refractivity contribution in [2.45, 2.75) is 31.3 Å². The van der Waals surface area contributed by atoms with Gasteiger partial charge in [0.2, 0.25) is 0 Å². The lowest BCUT2D eigenvalue weighted by molar-refractivity contribution is 0.0277. The molecule has 1 aliphatic carbocycles. The predicted octanol–water partition coefficient (Wildman–Crippen LogP) is 3.26. The van der Waals surface area contributed by atoms with Crippen molar-refractivity contribution in [2.24, 2.45) is 0 Å². The number of halogens is 1. The Morgan fingerprint density at radius 1 is 1.17 bits per heavy atom. The van der Waals surface area contributed by atoms with Crippen molar-refractivity contribution in [3.05, 3.63) is 58.1 Å². The quantitative estimate of drug-likeness (QED) is 0.935. The summed E-state index contributed by atoms with van der Waals surface area (Å²) < 4.78 is 5.77. The van der Waals surface area contributed by atoms with Gasteiger partial charge in [0.25, 0.3) is 0 Å². The van der Waals surface area contributed by atoms with Gasteiger partial charge in [0.15, 0.2) is 0 Å². The zero-order valence-electron chi connectivity index (χ0n) is 13.0. The maximum Gasteiger partial charge on any atom is 0.132 e. The summed E-state index contributed by atoms with van der Waals surface area (Å²) in [5.41, 5.74) is 3.44. The van der Waals surface area contributed by atoms with Gasteiger partial charge in [-0.2, -0.15) is 0 Å². The minimum atomic E-state index is 0.0874. The van der Waals surface area contributed by atoms with Gasteiger partial charge in [0.1, 0.15) is 5.82 Å². The molecule has 4 nitrogen and oxygen atoms in total. The van der Waals surface area contributed by atoms with Gasteiger partial charge in [-0.25, -0.2) is 9.97 Å². The average Bonchev–Trinajstić information content (AvgIpc) is 3.43. The second kappa shape index (κ2) is 6.56. The minimum absolute atomic E-state index is 0.0874. The lowest BCUT2D eigenvalue weighted by Crippen LogP contribution is -2.33. The van der Waals surface area contributed by atoms with Crippen molar-refractivity contribution in [2.75, 3.05) is 19.7 Å². The molecular formula is C18H20ClN3O. The Balaban J connectivity index is 1.47. The summed E-state index contributed by atoms with van der Waals surface area (Å²) in [4.78, 5) is 8.97. The summed E-state index contributed by atoms with van der Waals surface area (Å²) in [6.45, 7) is 2.49. The van der Waals surface area contributed by atoms with Crippen LogP contribution in [0.4, 0.5) is 0 Å². The fourth-order valence-electron chi connectivity index (χ4n) is 2.94. The molecule has 5 heteroatoms. The number of rotatable bonds is 4. The van der Waals surface area contributed by atoms with E-state index in [2.05, 4.69) is 27.4 Å². The van der Waals surface area contributed by atoms with Gasteiger partial charge in [0.05, 0.1) is 12.7 Å². The maximum atomic E-state index is 6.46. The summed E-state index contributed by atoms with van der Waals surface area (Å²) in [6.07, 6.45) is 7.22. The summed E-state index contributed by atoms with van der Waals surface area (Å²) in [5.74, 6) is 1.51. The Labute approximate surface area is 141 Å². The smallest absolute Gasteiger partial charge is 0.132 e. The van der Waals surface area contributed by atoms with Crippen LogP contribution in [0.3, 0.4) is 0 Å². The van der Waals surface area contributed by atoms with E-state index in [4.69, 9.17) is 16.3 Å². The van der Waals surface area contributed by atoms with Crippen molar-refractivity contribution in [3.8, 4) is 0 Å². The van der Waals surface area contributed by atoms with Crippen LogP contribution in [0.25, 0.3) is 0 Å². The number of benzene rings is 1. The van der Waals surface area contributed by atoms with Crippen molar-refractivity contribution in [3.63, 3.8) is 0 Å². The van der Waals surface area contributed by atoms with Gasteiger partial charge in [-0.05, 0) is 41.5 Å². The molecule has 1 saturated carbocycles. The van der Waals surface area contributed by atoms with Gasteiger partial charge in [-0.15, -0.1) is 0 Å². The number of hydrogen-bond donors (Lipinski definition) is 1. The lowest BCUT2D eigenvalue weighted by Gasteiger charge is -2.24. The van der Waals surface area contributed by atoms with E-state index in [1.807, 2.05) is 18.5 Å². The number of nitrogens with one attached hydrogen (secondary N) is 1. The number of ether oxygens (including phenoxy) is 1. The third kappa shape index (κ3) is 3.55. The first-order valence-electron chi connectivity index (χ1n) is 8.21. The van der Waals surface area contributed by atoms with E-state index in [0.29, 0.717) is 12.3 Å². The fraction of sp³-hybridized carbons (Fsp3) is 0.444. The van der Waals surface area contributed by atoms with Crippen LogP contribution in [0.15, 0.2) is 30.6 Å². The summed E-state index contributed by atoms with van der Waals surface area (Å²) in [5, 5.41) is 4.09. The fourth-order valence-corrected chi connectivity index (χ4v) is 3.20. The molecule has 4 rings (SSSR count). The molecule has 2 fully saturated rings. The van der Waals surface area contributed by atoms with E-state index in [1.165, 1.54) is 18.4 Å². The Morgan fingerprint density at radius 2 is 2.00 bits per heavy atom. The van der Waals surface area contributed by atoms with Crippen molar-refractivity contribution < 1.29 is 4.74 Å². The molecule has 0 spiro atoms. The highest BCUT2D eigenvalue weighted by Crippen LogP contribution is 2.39. The van der Waals surface area contributed by atoms with Crippen LogP contribution < -0.4 is 5.32 Å². The van der Waals surface area contributed by atoms with Gasteiger partial charge in [-0.3, -0.25) is 0 Å². The van der Waals surface area contributed by atoms with Crippen LogP contribution in [0.1, 0.15) is 47.4 Å². The van der Waals surface area contributed by atoms with Crippen LogP contribution in [-0.4, -0.2) is 29.7 Å². The van der Waals surface area contributed by atoms with E-state index >= 15 is 0 Å². The van der Waals surface area contributed by atoms with E-state index in [0.717, 1.165) is 41.7 Å². The first-order chi connectivity index (χ1) is 11.3. The molecule has 1 aromatic heterocycles. The monoisotopic (exact) mass is 329 g/mol. The van der Waals surface area contributed by atoms with Crippen molar-refractivity contribution in [1.82, 2.24) is 15.3 Å². The van der Waals surface area contributed by atoms with E-state index in [1.54, 1.807) is 0 Å². The Kier molecular flexibility index (Phi) is 4.29. The molecule has 1 aliphatic heterocycles. The van der Waals surface area contributed by atoms with Crippen LogP contribution in [0, 0.1) is 0 Å². The molecule has 1 N–H and O–H groups in total. The molecule has 0 amide bonds. The molecule has 2 aromatic rings. The van der Waals surface area contributed by atoms with Crippen LogP contribution in [0.2, 0.25) is 5.02 Å². The zero-order valence-corrected chi connectivity index (χ0v) is 13.7. The Hall–Kier alpha value is -1.49. The van der Waals surface area contributed by atoms with Crippen molar-refractivity contribution >= 4 is 11.6 Å². The van der Waals surface area contributed by atoms with E-state index in [-0.39, 0.29) is 6.10 Å². The normalized spacial score (nSPS) is 21.3. The molecule has 2 heterocycles. The molecule has 2 aliphatic rings. The molecular weight excluding hydrogens is 310 g/mol. The predicted molar refractivity (Wildman–Crippen MR) is 89.8 cm³/mol. The number of nitrogens with zero attached hydrogens (tertiary/aromatic N) is 2. The van der Waals surface area contributed by atoms with Gasteiger partial charge < -0.3 is 10.1 Å². The van der Waals surface area contributed by atoms with E-state index in [9.17, 15) is 0 Å². The molecule has 1 aromatic carbocycles. The number of morpholine rings is 1. The molecule has 120 valence electrons. The number of aromatic nitrogens is 2. The highest BCUT2D eigenvalue weighted by atomic mass is 35.5. The third-order valence-electron chi connectivity index (χ3n) is 4.50. The second-order valence-corrected chi connectivity index (χ2v) is 6.71. The second-order valence-electron chi connectivity index (χ2n) is 6.30. The third-order valence-corrected chi connectivity index (χ3v) is 4.85. The molecule has 0 bridgehead atoms. The topological polar surface area (TPSA) is 47.0 Å². The van der Waals surface area contributed by atoms with Crippen molar-refractivity contribution in [1.29, 1.82) is 0 Å². The summed E-state index contributed by atoms with van der Waals surface area (Å²) >= 11 is 6.46.